The van der Waals surface area contributed by atoms with Gasteiger partial charge in [0.05, 0.1) is 18.9 Å². The minimum Gasteiger partial charge on any atom is -0.465 e. The number of aromatic nitrogens is 3. The molecule has 8 heteroatoms. The molecule has 1 aromatic heterocycles. The number of rotatable bonds is 6. The van der Waals surface area contributed by atoms with Crippen molar-refractivity contribution in [2.75, 3.05) is 13.2 Å². The first-order chi connectivity index (χ1) is 10.7. The van der Waals surface area contributed by atoms with Gasteiger partial charge in [0.25, 0.3) is 0 Å². The molecule has 0 unspecified atom stereocenters. The summed E-state index contributed by atoms with van der Waals surface area (Å²) in [6.45, 7) is 3.67. The number of hydrogen-bond donors (Lipinski definition) is 1. The van der Waals surface area contributed by atoms with E-state index in [9.17, 15) is 9.59 Å². The molecule has 22 heavy (non-hydrogen) atoms. The maximum Gasteiger partial charge on any atom is 0.325 e. The van der Waals surface area contributed by atoms with Crippen LogP contribution in [0.5, 0.6) is 0 Å². The molecule has 0 bridgehead atoms. The zero-order chi connectivity index (χ0) is 15.9. The third kappa shape index (κ3) is 3.66. The first kappa shape index (κ1) is 15.6. The molecule has 0 radical (unpaired) electrons. The van der Waals surface area contributed by atoms with E-state index in [0.717, 1.165) is 0 Å². The molecule has 0 spiro atoms. The van der Waals surface area contributed by atoms with Crippen molar-refractivity contribution in [1.29, 1.82) is 0 Å². The van der Waals surface area contributed by atoms with Crippen molar-refractivity contribution in [3.63, 3.8) is 0 Å². The number of aliphatic imine (C=N–C) groups is 1. The van der Waals surface area contributed by atoms with Crippen LogP contribution in [0.25, 0.3) is 11.0 Å². The summed E-state index contributed by atoms with van der Waals surface area (Å²) in [6, 6.07) is 5.12. The van der Waals surface area contributed by atoms with E-state index >= 15 is 0 Å². The third-order valence-electron chi connectivity index (χ3n) is 2.75. The second-order valence-corrected chi connectivity index (χ2v) is 4.26. The highest BCUT2D eigenvalue weighted by Crippen LogP contribution is 2.18. The highest BCUT2D eigenvalue weighted by Gasteiger charge is 2.27. The van der Waals surface area contributed by atoms with Crippen LogP contribution in [0.1, 0.15) is 13.8 Å². The van der Waals surface area contributed by atoms with Gasteiger partial charge in [0.15, 0.2) is 5.92 Å². The normalized spacial score (nSPS) is 11.2. The molecule has 0 aliphatic rings. The van der Waals surface area contributed by atoms with Crippen LogP contribution in [-0.4, -0.2) is 46.8 Å². The second kappa shape index (κ2) is 7.30. The number of nitrogens with zero attached hydrogens (tertiary/aromatic N) is 3. The van der Waals surface area contributed by atoms with E-state index < -0.39 is 17.9 Å². The van der Waals surface area contributed by atoms with E-state index in [1.165, 1.54) is 6.21 Å². The van der Waals surface area contributed by atoms with E-state index in [-0.39, 0.29) is 13.2 Å². The molecule has 0 aliphatic heterocycles. The van der Waals surface area contributed by atoms with Crippen molar-refractivity contribution in [2.24, 2.45) is 10.9 Å². The number of nitrogens with one attached hydrogen (secondary N) is 1. The fourth-order valence-corrected chi connectivity index (χ4v) is 1.75. The van der Waals surface area contributed by atoms with Crippen molar-refractivity contribution >= 4 is 34.9 Å². The highest BCUT2D eigenvalue weighted by atomic mass is 16.6. The van der Waals surface area contributed by atoms with Crippen molar-refractivity contribution < 1.29 is 19.1 Å². The zero-order valence-corrected chi connectivity index (χ0v) is 12.3. The maximum atomic E-state index is 11.8. The Labute approximate surface area is 126 Å². The Morgan fingerprint density at radius 1 is 1.18 bits per heavy atom. The van der Waals surface area contributed by atoms with Gasteiger partial charge < -0.3 is 9.47 Å². The Morgan fingerprint density at radius 3 is 2.45 bits per heavy atom. The van der Waals surface area contributed by atoms with Crippen LogP contribution in [0.15, 0.2) is 23.2 Å². The summed E-state index contributed by atoms with van der Waals surface area (Å²) in [5, 5.41) is 10.4. The number of aromatic amines is 1. The standard InChI is InChI=1S/C14H16N4O4/c1-3-21-13(19)10(14(20)22-4-2)8-15-9-5-6-11-12(7-9)17-18-16-11/h5-8,10H,3-4H2,1-2H3,(H,16,17,18). The van der Waals surface area contributed by atoms with Crippen LogP contribution < -0.4 is 0 Å². The molecule has 0 saturated carbocycles. The summed E-state index contributed by atoms with van der Waals surface area (Å²) in [4.78, 5) is 27.8. The number of ether oxygens (including phenoxy) is 2. The SMILES string of the molecule is CCOC(=O)C(C=Nc1ccc2n[nH]nc2c1)C(=O)OCC. The van der Waals surface area contributed by atoms with Crippen molar-refractivity contribution in [3.05, 3.63) is 18.2 Å². The van der Waals surface area contributed by atoms with E-state index in [2.05, 4.69) is 20.4 Å². The summed E-state index contributed by atoms with van der Waals surface area (Å²) in [6.07, 6.45) is 1.22. The lowest BCUT2D eigenvalue weighted by Gasteiger charge is -2.09. The molecule has 0 aliphatic carbocycles. The summed E-state index contributed by atoms with van der Waals surface area (Å²) in [7, 11) is 0. The number of fused-ring (bicyclic) bond motifs is 1. The second-order valence-electron chi connectivity index (χ2n) is 4.26. The summed E-state index contributed by atoms with van der Waals surface area (Å²) < 4.78 is 9.72. The lowest BCUT2D eigenvalue weighted by molar-refractivity contribution is -0.157. The van der Waals surface area contributed by atoms with E-state index in [1.54, 1.807) is 32.0 Å². The predicted octanol–water partition coefficient (Wildman–Crippen LogP) is 1.40. The van der Waals surface area contributed by atoms with Gasteiger partial charge >= 0.3 is 11.9 Å². The van der Waals surface area contributed by atoms with Crippen LogP contribution in [-0.2, 0) is 19.1 Å². The van der Waals surface area contributed by atoms with E-state index in [0.29, 0.717) is 16.7 Å². The molecular formula is C14H16N4O4. The molecule has 1 heterocycles. The summed E-state index contributed by atoms with van der Waals surface area (Å²) in [5.41, 5.74) is 1.88. The first-order valence-corrected chi connectivity index (χ1v) is 6.83. The number of H-pyrrole nitrogens is 1. The van der Waals surface area contributed by atoms with Crippen molar-refractivity contribution in [3.8, 4) is 0 Å². The van der Waals surface area contributed by atoms with Crippen molar-refractivity contribution in [2.45, 2.75) is 13.8 Å². The van der Waals surface area contributed by atoms with Crippen LogP contribution in [0.3, 0.4) is 0 Å². The van der Waals surface area contributed by atoms with Crippen LogP contribution >= 0.6 is 0 Å². The summed E-state index contributed by atoms with van der Waals surface area (Å²) in [5.74, 6) is -2.56. The van der Waals surface area contributed by atoms with Gasteiger partial charge in [0.1, 0.15) is 11.0 Å². The minimum atomic E-state index is -1.19. The van der Waals surface area contributed by atoms with Crippen LogP contribution in [0, 0.1) is 5.92 Å². The topological polar surface area (TPSA) is 107 Å². The highest BCUT2D eigenvalue weighted by molar-refractivity contribution is 6.09. The summed E-state index contributed by atoms with van der Waals surface area (Å²) >= 11 is 0. The molecule has 2 rings (SSSR count). The van der Waals surface area contributed by atoms with Gasteiger partial charge in [-0.25, -0.2) is 0 Å². The first-order valence-electron chi connectivity index (χ1n) is 6.83. The average molecular weight is 304 g/mol. The van der Waals surface area contributed by atoms with E-state index in [4.69, 9.17) is 9.47 Å². The number of carbonyl (C=O) groups excluding carboxylic acids is 2. The Balaban J connectivity index is 2.20. The maximum absolute atomic E-state index is 11.8. The fourth-order valence-electron chi connectivity index (χ4n) is 1.75. The smallest absolute Gasteiger partial charge is 0.325 e. The fraction of sp³-hybridized carbons (Fsp3) is 0.357. The van der Waals surface area contributed by atoms with Gasteiger partial charge in [-0.05, 0) is 32.0 Å². The molecule has 0 atom stereocenters. The molecule has 2 aromatic rings. The molecule has 8 nitrogen and oxygen atoms in total. The molecule has 1 aromatic carbocycles. The van der Waals surface area contributed by atoms with Crippen LogP contribution in [0.4, 0.5) is 5.69 Å². The van der Waals surface area contributed by atoms with Crippen molar-refractivity contribution in [1.82, 2.24) is 15.4 Å². The lowest BCUT2D eigenvalue weighted by Crippen LogP contribution is -2.29. The number of esters is 2. The van der Waals surface area contributed by atoms with E-state index in [1.807, 2.05) is 0 Å². The van der Waals surface area contributed by atoms with Crippen LogP contribution in [0.2, 0.25) is 0 Å². The average Bonchev–Trinajstić information content (AvgIpc) is 2.95. The van der Waals surface area contributed by atoms with Gasteiger partial charge in [0.2, 0.25) is 0 Å². The molecular weight excluding hydrogens is 288 g/mol. The Morgan fingerprint density at radius 2 is 1.82 bits per heavy atom. The number of hydrogen-bond acceptors (Lipinski definition) is 7. The Hall–Kier alpha value is -2.77. The van der Waals surface area contributed by atoms with Gasteiger partial charge in [-0.1, -0.05) is 0 Å². The third-order valence-corrected chi connectivity index (χ3v) is 2.75. The van der Waals surface area contributed by atoms with Gasteiger partial charge in [-0.2, -0.15) is 15.4 Å². The zero-order valence-electron chi connectivity index (χ0n) is 12.3. The Kier molecular flexibility index (Phi) is 5.18. The monoisotopic (exact) mass is 304 g/mol. The Bertz CT molecular complexity index is 677. The molecule has 0 saturated heterocycles. The molecule has 0 fully saturated rings. The van der Waals surface area contributed by atoms with Gasteiger partial charge in [-0.15, -0.1) is 0 Å². The predicted molar refractivity (Wildman–Crippen MR) is 78.8 cm³/mol. The minimum absolute atomic E-state index is 0.174. The number of benzene rings is 1. The quantitative estimate of drug-likeness (QED) is 0.491. The van der Waals surface area contributed by atoms with Gasteiger partial charge in [0, 0.05) is 6.21 Å². The lowest BCUT2D eigenvalue weighted by atomic mass is 10.1. The largest absolute Gasteiger partial charge is 0.465 e. The van der Waals surface area contributed by atoms with Gasteiger partial charge in [-0.3, -0.25) is 14.6 Å². The number of carbonyl (C=O) groups is 2. The molecule has 116 valence electrons. The molecule has 0 amide bonds. The molecule has 1 N–H and O–H groups in total.